The fourth-order valence-corrected chi connectivity index (χ4v) is 5.41. The predicted octanol–water partition coefficient (Wildman–Crippen LogP) is 6.93. The lowest BCUT2D eigenvalue weighted by Crippen LogP contribution is -2.27. The molecule has 1 N–H and O–H groups in total. The molecule has 0 unspecified atom stereocenters. The Bertz CT molecular complexity index is 1440. The Hall–Kier alpha value is -2.83. The molecular formula is C28H24BrIN2O5S. The summed E-state index contributed by atoms with van der Waals surface area (Å²) in [6.45, 7) is 3.98. The molecule has 3 amide bonds. The van der Waals surface area contributed by atoms with Gasteiger partial charge in [-0.1, -0.05) is 18.2 Å². The van der Waals surface area contributed by atoms with Crippen molar-refractivity contribution in [3.63, 3.8) is 0 Å². The van der Waals surface area contributed by atoms with Gasteiger partial charge in [0.15, 0.2) is 18.1 Å². The van der Waals surface area contributed by atoms with Gasteiger partial charge in [-0.15, -0.1) is 0 Å². The van der Waals surface area contributed by atoms with Gasteiger partial charge in [-0.05, 0) is 129 Å². The maximum absolute atomic E-state index is 12.9. The highest BCUT2D eigenvalue weighted by atomic mass is 127. The second-order valence-corrected chi connectivity index (χ2v) is 11.7. The smallest absolute Gasteiger partial charge is 0.293 e. The molecule has 7 nitrogen and oxygen atoms in total. The molecule has 1 fully saturated rings. The van der Waals surface area contributed by atoms with Gasteiger partial charge in [-0.3, -0.25) is 19.3 Å². The number of benzene rings is 3. The first-order valence-corrected chi connectivity index (χ1v) is 14.2. The Kier molecular flexibility index (Phi) is 9.16. The molecule has 0 radical (unpaired) electrons. The summed E-state index contributed by atoms with van der Waals surface area (Å²) in [5, 5.41) is 2.53. The van der Waals surface area contributed by atoms with Crippen LogP contribution in [0.1, 0.15) is 22.3 Å². The first kappa shape index (κ1) is 28.2. The van der Waals surface area contributed by atoms with Crippen LogP contribution in [0.2, 0.25) is 0 Å². The molecule has 0 aromatic heterocycles. The van der Waals surface area contributed by atoms with Gasteiger partial charge in [0.25, 0.3) is 17.1 Å². The lowest BCUT2D eigenvalue weighted by molar-refractivity contribution is -0.123. The van der Waals surface area contributed by atoms with Gasteiger partial charge in [0.1, 0.15) is 0 Å². The summed E-state index contributed by atoms with van der Waals surface area (Å²) >= 11 is 6.58. The van der Waals surface area contributed by atoms with Gasteiger partial charge < -0.3 is 14.8 Å². The van der Waals surface area contributed by atoms with Gasteiger partial charge in [-0.2, -0.15) is 0 Å². The van der Waals surface area contributed by atoms with E-state index in [9.17, 15) is 14.4 Å². The number of nitrogens with zero attached hydrogens (tertiary/aromatic N) is 1. The number of halogens is 2. The number of methoxy groups -OCH3 is 1. The number of carbonyl (C=O) groups is 3. The molecule has 3 aromatic rings. The fourth-order valence-electron chi connectivity index (χ4n) is 3.66. The highest BCUT2D eigenvalue weighted by Crippen LogP contribution is 2.35. The summed E-state index contributed by atoms with van der Waals surface area (Å²) in [7, 11) is 1.49. The van der Waals surface area contributed by atoms with E-state index < -0.39 is 0 Å². The Morgan fingerprint density at radius 2 is 1.76 bits per heavy atom. The van der Waals surface area contributed by atoms with E-state index in [1.54, 1.807) is 24.3 Å². The molecule has 0 aliphatic carbocycles. The van der Waals surface area contributed by atoms with Crippen LogP contribution in [0, 0.1) is 17.4 Å². The van der Waals surface area contributed by atoms with Crippen LogP contribution < -0.4 is 14.8 Å². The van der Waals surface area contributed by atoms with E-state index in [1.165, 1.54) is 12.0 Å². The molecule has 0 spiro atoms. The SMILES string of the molecule is COc1cc(/C=C2\SC(=O)N(Cc3ccc(I)cc3)C2=O)ccc1OCC(=O)Nc1cc(C)c(C)cc1Br. The number of nitrogens with one attached hydrogen (secondary N) is 1. The number of hydrogen-bond acceptors (Lipinski definition) is 6. The lowest BCUT2D eigenvalue weighted by atomic mass is 10.1. The van der Waals surface area contributed by atoms with E-state index >= 15 is 0 Å². The molecule has 0 saturated carbocycles. The van der Waals surface area contributed by atoms with Crippen molar-refractivity contribution < 1.29 is 23.9 Å². The molecule has 4 rings (SSSR count). The van der Waals surface area contributed by atoms with E-state index in [0.29, 0.717) is 27.7 Å². The maximum Gasteiger partial charge on any atom is 0.293 e. The molecule has 1 saturated heterocycles. The van der Waals surface area contributed by atoms with Crippen LogP contribution in [0.25, 0.3) is 6.08 Å². The van der Waals surface area contributed by atoms with Gasteiger partial charge in [0.2, 0.25) is 0 Å². The van der Waals surface area contributed by atoms with E-state index in [-0.39, 0.29) is 30.2 Å². The summed E-state index contributed by atoms with van der Waals surface area (Å²) in [6.07, 6.45) is 1.65. The minimum Gasteiger partial charge on any atom is -0.493 e. The van der Waals surface area contributed by atoms with Crippen LogP contribution in [0.3, 0.4) is 0 Å². The molecular weight excluding hydrogens is 683 g/mol. The third-order valence-electron chi connectivity index (χ3n) is 5.83. The molecule has 3 aromatic carbocycles. The Morgan fingerprint density at radius 1 is 1.05 bits per heavy atom. The van der Waals surface area contributed by atoms with Crippen molar-refractivity contribution in [2.75, 3.05) is 19.0 Å². The van der Waals surface area contributed by atoms with Gasteiger partial charge in [-0.25, -0.2) is 0 Å². The number of amides is 3. The zero-order chi connectivity index (χ0) is 27.4. The number of hydrogen-bond donors (Lipinski definition) is 1. The molecule has 38 heavy (non-hydrogen) atoms. The highest BCUT2D eigenvalue weighted by molar-refractivity contribution is 14.1. The number of aryl methyl sites for hydroxylation is 2. The van der Waals surface area contributed by atoms with Crippen molar-refractivity contribution in [1.82, 2.24) is 4.90 Å². The average molecular weight is 707 g/mol. The maximum atomic E-state index is 12.9. The molecule has 10 heteroatoms. The van der Waals surface area contributed by atoms with Crippen molar-refractivity contribution in [3.05, 3.63) is 89.8 Å². The summed E-state index contributed by atoms with van der Waals surface area (Å²) in [6, 6.07) is 16.6. The van der Waals surface area contributed by atoms with Crippen LogP contribution in [0.5, 0.6) is 11.5 Å². The number of ether oxygens (including phenoxy) is 2. The van der Waals surface area contributed by atoms with Crippen LogP contribution in [0.4, 0.5) is 10.5 Å². The highest BCUT2D eigenvalue weighted by Gasteiger charge is 2.35. The number of rotatable bonds is 8. The van der Waals surface area contributed by atoms with Crippen LogP contribution in [-0.2, 0) is 16.1 Å². The predicted molar refractivity (Wildman–Crippen MR) is 161 cm³/mol. The first-order valence-electron chi connectivity index (χ1n) is 11.5. The lowest BCUT2D eigenvalue weighted by Gasteiger charge is -2.13. The van der Waals surface area contributed by atoms with E-state index in [4.69, 9.17) is 9.47 Å². The fraction of sp³-hybridized carbons (Fsp3) is 0.179. The Labute approximate surface area is 247 Å². The van der Waals surface area contributed by atoms with E-state index in [1.807, 2.05) is 50.2 Å². The van der Waals surface area contributed by atoms with Crippen LogP contribution >= 0.6 is 50.3 Å². The number of imide groups is 1. The largest absolute Gasteiger partial charge is 0.493 e. The summed E-state index contributed by atoms with van der Waals surface area (Å²) in [4.78, 5) is 39.5. The summed E-state index contributed by atoms with van der Waals surface area (Å²) in [5.74, 6) is 0.122. The second kappa shape index (κ2) is 12.4. The second-order valence-electron chi connectivity index (χ2n) is 8.56. The summed E-state index contributed by atoms with van der Waals surface area (Å²) in [5.41, 5.74) is 4.39. The third-order valence-corrected chi connectivity index (χ3v) is 8.11. The quantitative estimate of drug-likeness (QED) is 0.202. The van der Waals surface area contributed by atoms with E-state index in [2.05, 4.69) is 43.8 Å². The number of anilines is 1. The van der Waals surface area contributed by atoms with E-state index in [0.717, 1.165) is 36.5 Å². The molecule has 0 atom stereocenters. The molecule has 1 aliphatic heterocycles. The molecule has 0 bridgehead atoms. The zero-order valence-electron chi connectivity index (χ0n) is 20.8. The van der Waals surface area contributed by atoms with Crippen molar-refractivity contribution in [1.29, 1.82) is 0 Å². The monoisotopic (exact) mass is 706 g/mol. The van der Waals surface area contributed by atoms with Gasteiger partial charge >= 0.3 is 0 Å². The third kappa shape index (κ3) is 6.78. The minimum atomic E-state index is -0.341. The van der Waals surface area contributed by atoms with Crippen molar-refractivity contribution in [2.24, 2.45) is 0 Å². The zero-order valence-corrected chi connectivity index (χ0v) is 25.4. The number of thioether (sulfide) groups is 1. The summed E-state index contributed by atoms with van der Waals surface area (Å²) < 4.78 is 13.0. The standard InChI is InChI=1S/C28H24BrIN2O5S/c1-16-10-21(29)22(11-17(16)2)31-26(33)15-37-23-9-6-19(12-24(23)36-3)13-25-27(34)32(28(35)38-25)14-18-4-7-20(30)8-5-18/h4-13H,14-15H2,1-3H3,(H,31,33)/b25-13-. The number of carbonyl (C=O) groups excluding carboxylic acids is 3. The van der Waals surface area contributed by atoms with Crippen LogP contribution in [0.15, 0.2) is 64.0 Å². The van der Waals surface area contributed by atoms with Gasteiger partial charge in [0, 0.05) is 8.04 Å². The molecule has 1 heterocycles. The average Bonchev–Trinajstić information content (AvgIpc) is 3.14. The topological polar surface area (TPSA) is 84.9 Å². The van der Waals surface area contributed by atoms with Crippen molar-refractivity contribution in [3.8, 4) is 11.5 Å². The molecule has 196 valence electrons. The first-order chi connectivity index (χ1) is 18.1. The van der Waals surface area contributed by atoms with Crippen molar-refractivity contribution in [2.45, 2.75) is 20.4 Å². The molecule has 1 aliphatic rings. The van der Waals surface area contributed by atoms with Crippen molar-refractivity contribution >= 4 is 79.1 Å². The van der Waals surface area contributed by atoms with Gasteiger partial charge in [0.05, 0.1) is 24.2 Å². The Morgan fingerprint density at radius 3 is 2.47 bits per heavy atom. The Balaban J connectivity index is 1.42. The minimum absolute atomic E-state index is 0.216. The van der Waals surface area contributed by atoms with Crippen LogP contribution in [-0.4, -0.2) is 35.7 Å². The normalized spacial score (nSPS) is 14.2.